The first-order valence-corrected chi connectivity index (χ1v) is 8.33. The van der Waals surface area contributed by atoms with E-state index in [4.69, 9.17) is 0 Å². The third kappa shape index (κ3) is 4.00. The highest BCUT2D eigenvalue weighted by Crippen LogP contribution is 2.28. The van der Waals surface area contributed by atoms with Crippen molar-refractivity contribution in [2.24, 2.45) is 0 Å². The third-order valence-electron chi connectivity index (χ3n) is 3.48. The fourth-order valence-corrected chi connectivity index (χ4v) is 3.11. The minimum absolute atomic E-state index is 0.0595. The lowest BCUT2D eigenvalue weighted by Crippen LogP contribution is -1.92. The number of thioether (sulfide) groups is 1. The van der Waals surface area contributed by atoms with Crippen LogP contribution in [0.15, 0.2) is 66.0 Å². The maximum absolute atomic E-state index is 10.7. The van der Waals surface area contributed by atoms with Crippen LogP contribution in [0.2, 0.25) is 0 Å². The number of nitriles is 1. The van der Waals surface area contributed by atoms with E-state index in [1.54, 1.807) is 30.6 Å². The fraction of sp³-hybridized carbons (Fsp3) is 0.0556. The number of nitro groups is 1. The number of non-ortho nitro benzene ring substituents is 1. The summed E-state index contributed by atoms with van der Waals surface area (Å²) < 4.78 is 0. The zero-order chi connectivity index (χ0) is 17.6. The lowest BCUT2D eigenvalue weighted by molar-refractivity contribution is -0.384. The van der Waals surface area contributed by atoms with Gasteiger partial charge in [0, 0.05) is 35.8 Å². The maximum atomic E-state index is 10.7. The highest BCUT2D eigenvalue weighted by Gasteiger charge is 2.09. The molecule has 3 rings (SSSR count). The van der Waals surface area contributed by atoms with E-state index >= 15 is 0 Å². The number of aromatic nitrogens is 2. The molecule has 0 amide bonds. The van der Waals surface area contributed by atoms with Crippen molar-refractivity contribution in [1.82, 2.24) is 9.97 Å². The summed E-state index contributed by atoms with van der Waals surface area (Å²) in [4.78, 5) is 18.8. The van der Waals surface area contributed by atoms with Crippen LogP contribution in [0, 0.1) is 21.4 Å². The second kappa shape index (κ2) is 7.55. The highest BCUT2D eigenvalue weighted by molar-refractivity contribution is 7.98. The molecular formula is C18H12N4O2S. The molecule has 0 aliphatic heterocycles. The first-order valence-electron chi connectivity index (χ1n) is 7.35. The Morgan fingerprint density at radius 3 is 2.44 bits per heavy atom. The van der Waals surface area contributed by atoms with Crippen molar-refractivity contribution >= 4 is 17.4 Å². The summed E-state index contributed by atoms with van der Waals surface area (Å²) in [6.45, 7) is 0. The van der Waals surface area contributed by atoms with Gasteiger partial charge in [-0.3, -0.25) is 15.1 Å². The lowest BCUT2D eigenvalue weighted by atomic mass is 10.1. The average Bonchev–Trinajstić information content (AvgIpc) is 2.67. The summed E-state index contributed by atoms with van der Waals surface area (Å²) in [5, 5.41) is 20.6. The minimum atomic E-state index is -0.426. The van der Waals surface area contributed by atoms with E-state index in [2.05, 4.69) is 16.0 Å². The second-order valence-corrected chi connectivity index (χ2v) is 6.07. The number of rotatable bonds is 5. The first-order chi connectivity index (χ1) is 12.2. The van der Waals surface area contributed by atoms with E-state index in [0.717, 1.165) is 16.8 Å². The first kappa shape index (κ1) is 16.6. The topological polar surface area (TPSA) is 92.7 Å². The molecule has 0 saturated heterocycles. The van der Waals surface area contributed by atoms with Crippen molar-refractivity contribution in [2.45, 2.75) is 10.8 Å². The van der Waals surface area contributed by atoms with Gasteiger partial charge in [-0.1, -0.05) is 12.1 Å². The maximum Gasteiger partial charge on any atom is 0.269 e. The molecule has 0 spiro atoms. The molecule has 0 atom stereocenters. The number of nitro benzene ring substituents is 1. The molecule has 0 aliphatic carbocycles. The van der Waals surface area contributed by atoms with Crippen molar-refractivity contribution in [3.8, 4) is 17.3 Å². The van der Waals surface area contributed by atoms with Crippen LogP contribution in [0.25, 0.3) is 11.3 Å². The van der Waals surface area contributed by atoms with Gasteiger partial charge in [0.15, 0.2) is 0 Å². The Morgan fingerprint density at radius 1 is 1.08 bits per heavy atom. The number of hydrogen-bond donors (Lipinski definition) is 0. The third-order valence-corrected chi connectivity index (χ3v) is 4.54. The zero-order valence-corrected chi connectivity index (χ0v) is 13.8. The van der Waals surface area contributed by atoms with Gasteiger partial charge in [-0.25, -0.2) is 4.98 Å². The molecule has 0 unspecified atom stereocenters. The minimum Gasteiger partial charge on any atom is -0.265 e. The van der Waals surface area contributed by atoms with Gasteiger partial charge in [0.05, 0.1) is 16.2 Å². The molecule has 0 aliphatic rings. The Balaban J connectivity index is 1.81. The predicted octanol–water partition coefficient (Wildman–Crippen LogP) is 4.22. The van der Waals surface area contributed by atoms with E-state index in [-0.39, 0.29) is 5.69 Å². The number of benzene rings is 1. The Kier molecular flexibility index (Phi) is 5.02. The molecule has 0 fully saturated rings. The van der Waals surface area contributed by atoms with Crippen LogP contribution in [0.4, 0.5) is 5.69 Å². The predicted molar refractivity (Wildman–Crippen MR) is 94.8 cm³/mol. The van der Waals surface area contributed by atoms with E-state index in [9.17, 15) is 15.4 Å². The van der Waals surface area contributed by atoms with Crippen LogP contribution in [0.3, 0.4) is 0 Å². The summed E-state index contributed by atoms with van der Waals surface area (Å²) in [5.74, 6) is 0.569. The molecule has 25 heavy (non-hydrogen) atoms. The number of nitrogens with zero attached hydrogens (tertiary/aromatic N) is 4. The standard InChI is InChI=1S/C18H12N4O2S/c19-11-15-3-6-17(14-7-9-20-10-8-14)21-18(15)25-12-13-1-4-16(5-2-13)22(23)24/h1-10H,12H2. The van der Waals surface area contributed by atoms with Gasteiger partial charge in [-0.05, 0) is 29.8 Å². The molecule has 3 aromatic rings. The summed E-state index contributed by atoms with van der Waals surface area (Å²) in [6.07, 6.45) is 3.39. The van der Waals surface area contributed by atoms with Gasteiger partial charge in [0.25, 0.3) is 5.69 Å². The molecule has 0 radical (unpaired) electrons. The van der Waals surface area contributed by atoms with Crippen LogP contribution in [-0.2, 0) is 5.75 Å². The van der Waals surface area contributed by atoms with E-state index in [1.165, 1.54) is 23.9 Å². The zero-order valence-electron chi connectivity index (χ0n) is 13.0. The van der Waals surface area contributed by atoms with Crippen LogP contribution in [-0.4, -0.2) is 14.9 Å². The van der Waals surface area contributed by atoms with Crippen LogP contribution in [0.1, 0.15) is 11.1 Å². The molecule has 122 valence electrons. The normalized spacial score (nSPS) is 10.2. The van der Waals surface area contributed by atoms with Gasteiger partial charge in [-0.2, -0.15) is 5.26 Å². The van der Waals surface area contributed by atoms with Crippen LogP contribution >= 0.6 is 11.8 Å². The lowest BCUT2D eigenvalue weighted by Gasteiger charge is -2.07. The van der Waals surface area contributed by atoms with Gasteiger partial charge in [0.2, 0.25) is 0 Å². The number of hydrogen-bond acceptors (Lipinski definition) is 6. The Hall–Kier alpha value is -3.24. The summed E-state index contributed by atoms with van der Waals surface area (Å²) >= 11 is 1.43. The van der Waals surface area contributed by atoms with Crippen LogP contribution in [0.5, 0.6) is 0 Å². The molecule has 2 aromatic heterocycles. The molecule has 1 aromatic carbocycles. The Labute approximate surface area is 148 Å². The molecule has 2 heterocycles. The smallest absolute Gasteiger partial charge is 0.265 e. The Morgan fingerprint density at radius 2 is 1.80 bits per heavy atom. The SMILES string of the molecule is N#Cc1ccc(-c2ccncc2)nc1SCc1ccc([N+](=O)[O-])cc1. The molecular weight excluding hydrogens is 336 g/mol. The van der Waals surface area contributed by atoms with Crippen LogP contribution < -0.4 is 0 Å². The average molecular weight is 348 g/mol. The van der Waals surface area contributed by atoms with E-state index in [1.807, 2.05) is 18.2 Å². The van der Waals surface area contributed by atoms with Gasteiger partial charge in [-0.15, -0.1) is 11.8 Å². The summed E-state index contributed by atoms with van der Waals surface area (Å²) in [7, 11) is 0. The van der Waals surface area contributed by atoms with Gasteiger partial charge in [0.1, 0.15) is 11.1 Å². The van der Waals surface area contributed by atoms with Crippen molar-refractivity contribution < 1.29 is 4.92 Å². The quantitative estimate of drug-likeness (QED) is 0.389. The largest absolute Gasteiger partial charge is 0.269 e. The molecule has 0 saturated carbocycles. The van der Waals surface area contributed by atoms with Crippen molar-refractivity contribution in [2.75, 3.05) is 0 Å². The Bertz CT molecular complexity index is 938. The van der Waals surface area contributed by atoms with Crippen molar-refractivity contribution in [3.05, 3.63) is 82.2 Å². The van der Waals surface area contributed by atoms with Gasteiger partial charge >= 0.3 is 0 Å². The van der Waals surface area contributed by atoms with Gasteiger partial charge < -0.3 is 0 Å². The monoisotopic (exact) mass is 348 g/mol. The summed E-state index contributed by atoms with van der Waals surface area (Å²) in [6, 6.07) is 15.8. The number of pyridine rings is 2. The summed E-state index contributed by atoms with van der Waals surface area (Å²) in [5.41, 5.74) is 3.19. The highest BCUT2D eigenvalue weighted by atomic mass is 32.2. The molecule has 7 heteroatoms. The second-order valence-electron chi connectivity index (χ2n) is 5.11. The molecule has 6 nitrogen and oxygen atoms in total. The van der Waals surface area contributed by atoms with E-state index in [0.29, 0.717) is 16.3 Å². The van der Waals surface area contributed by atoms with E-state index < -0.39 is 4.92 Å². The fourth-order valence-electron chi connectivity index (χ4n) is 2.18. The van der Waals surface area contributed by atoms with Crippen molar-refractivity contribution in [1.29, 1.82) is 5.26 Å². The molecule has 0 bridgehead atoms. The molecule has 0 N–H and O–H groups in total. The van der Waals surface area contributed by atoms with Crippen molar-refractivity contribution in [3.63, 3.8) is 0 Å².